The van der Waals surface area contributed by atoms with Gasteiger partial charge in [-0.2, -0.15) is 0 Å². The molecule has 0 spiro atoms. The molecule has 2 saturated heterocycles. The largest absolute Gasteiger partial charge is 0.490 e. The van der Waals surface area contributed by atoms with Crippen LogP contribution in [0.25, 0.3) is 10.9 Å². The van der Waals surface area contributed by atoms with Crippen LogP contribution < -0.4 is 10.1 Å². The molecule has 2 fully saturated rings. The second-order valence-electron chi connectivity index (χ2n) is 7.08. The van der Waals surface area contributed by atoms with Gasteiger partial charge in [0, 0.05) is 30.5 Å². The maximum Gasteiger partial charge on any atom is 0.121 e. The SMILES string of the molecule is CN1CCC(Oc2ccc3c(C4CCNCC4)ncnc3c2)CC1. The molecular formula is C19H26N4O. The van der Waals surface area contributed by atoms with Gasteiger partial charge in [0.2, 0.25) is 0 Å². The minimum Gasteiger partial charge on any atom is -0.490 e. The number of piperidine rings is 2. The second kappa shape index (κ2) is 7.03. The molecule has 1 aromatic carbocycles. The molecule has 5 heteroatoms. The van der Waals surface area contributed by atoms with Crippen molar-refractivity contribution in [2.45, 2.75) is 37.7 Å². The van der Waals surface area contributed by atoms with Crippen LogP contribution in [0.5, 0.6) is 5.75 Å². The summed E-state index contributed by atoms with van der Waals surface area (Å²) in [6.45, 7) is 4.38. The Balaban J connectivity index is 1.55. The van der Waals surface area contributed by atoms with Crippen LogP contribution in [0.4, 0.5) is 0 Å². The van der Waals surface area contributed by atoms with Crippen molar-refractivity contribution in [2.75, 3.05) is 33.2 Å². The molecule has 0 saturated carbocycles. The molecule has 2 aliphatic rings. The molecule has 128 valence electrons. The Labute approximate surface area is 143 Å². The van der Waals surface area contributed by atoms with Gasteiger partial charge in [0.05, 0.1) is 11.2 Å². The summed E-state index contributed by atoms with van der Waals surface area (Å²) in [6.07, 6.45) is 6.53. The molecule has 2 aromatic rings. The van der Waals surface area contributed by atoms with Crippen LogP contribution in [0.15, 0.2) is 24.5 Å². The predicted octanol–water partition coefficient (Wildman–Crippen LogP) is 2.57. The lowest BCUT2D eigenvalue weighted by Gasteiger charge is -2.29. The summed E-state index contributed by atoms with van der Waals surface area (Å²) < 4.78 is 6.20. The van der Waals surface area contributed by atoms with Crippen molar-refractivity contribution < 1.29 is 4.74 Å². The van der Waals surface area contributed by atoms with E-state index in [9.17, 15) is 0 Å². The van der Waals surface area contributed by atoms with Gasteiger partial charge in [-0.25, -0.2) is 9.97 Å². The number of ether oxygens (including phenoxy) is 1. The smallest absolute Gasteiger partial charge is 0.121 e. The third-order valence-electron chi connectivity index (χ3n) is 5.33. The van der Waals surface area contributed by atoms with Crippen LogP contribution in [0.2, 0.25) is 0 Å². The van der Waals surface area contributed by atoms with Gasteiger partial charge in [-0.15, -0.1) is 0 Å². The van der Waals surface area contributed by atoms with Crippen LogP contribution in [0.3, 0.4) is 0 Å². The molecule has 0 radical (unpaired) electrons. The molecule has 0 amide bonds. The molecule has 1 aromatic heterocycles. The third-order valence-corrected chi connectivity index (χ3v) is 5.33. The number of aromatic nitrogens is 2. The highest BCUT2D eigenvalue weighted by Crippen LogP contribution is 2.31. The van der Waals surface area contributed by atoms with E-state index in [0.717, 1.165) is 63.1 Å². The molecular weight excluding hydrogens is 300 g/mol. The van der Waals surface area contributed by atoms with Gasteiger partial charge in [0.25, 0.3) is 0 Å². The molecule has 0 bridgehead atoms. The van der Waals surface area contributed by atoms with Crippen LogP contribution in [0, 0.1) is 0 Å². The second-order valence-corrected chi connectivity index (χ2v) is 7.08. The van der Waals surface area contributed by atoms with Crippen LogP contribution >= 0.6 is 0 Å². The summed E-state index contributed by atoms with van der Waals surface area (Å²) in [5, 5.41) is 4.60. The average Bonchev–Trinajstić information content (AvgIpc) is 2.64. The van der Waals surface area contributed by atoms with E-state index in [0.29, 0.717) is 12.0 Å². The van der Waals surface area contributed by atoms with Crippen molar-refractivity contribution in [2.24, 2.45) is 0 Å². The first-order valence-electron chi connectivity index (χ1n) is 9.10. The zero-order valence-corrected chi connectivity index (χ0v) is 14.4. The van der Waals surface area contributed by atoms with E-state index >= 15 is 0 Å². The van der Waals surface area contributed by atoms with Gasteiger partial charge in [-0.05, 0) is 58.0 Å². The minimum atomic E-state index is 0.323. The van der Waals surface area contributed by atoms with Crippen molar-refractivity contribution >= 4 is 10.9 Å². The maximum absolute atomic E-state index is 6.20. The summed E-state index contributed by atoms with van der Waals surface area (Å²) in [6, 6.07) is 6.32. The highest BCUT2D eigenvalue weighted by atomic mass is 16.5. The number of nitrogens with one attached hydrogen (secondary N) is 1. The van der Waals surface area contributed by atoms with Crippen LogP contribution in [-0.2, 0) is 0 Å². The predicted molar refractivity (Wildman–Crippen MR) is 95.5 cm³/mol. The summed E-state index contributed by atoms with van der Waals surface area (Å²) in [5.41, 5.74) is 2.20. The third kappa shape index (κ3) is 3.37. The number of hydrogen-bond acceptors (Lipinski definition) is 5. The molecule has 1 N–H and O–H groups in total. The first-order valence-corrected chi connectivity index (χ1v) is 9.10. The Bertz CT molecular complexity index is 691. The first-order chi connectivity index (χ1) is 11.8. The van der Waals surface area contributed by atoms with Crippen molar-refractivity contribution in [1.29, 1.82) is 0 Å². The number of nitrogens with zero attached hydrogens (tertiary/aromatic N) is 3. The van der Waals surface area contributed by atoms with Crippen molar-refractivity contribution in [3.63, 3.8) is 0 Å². The highest BCUT2D eigenvalue weighted by Gasteiger charge is 2.21. The summed E-state index contributed by atoms with van der Waals surface area (Å²) in [7, 11) is 2.17. The van der Waals surface area contributed by atoms with Gasteiger partial charge in [0.1, 0.15) is 18.2 Å². The molecule has 3 heterocycles. The van der Waals surface area contributed by atoms with Gasteiger partial charge < -0.3 is 15.0 Å². The van der Waals surface area contributed by atoms with E-state index in [1.165, 1.54) is 11.1 Å². The van der Waals surface area contributed by atoms with Crippen LogP contribution in [-0.4, -0.2) is 54.2 Å². The number of hydrogen-bond donors (Lipinski definition) is 1. The van der Waals surface area contributed by atoms with E-state index < -0.39 is 0 Å². The standard InChI is InChI=1S/C19H26N4O/c1-23-10-6-15(7-11-23)24-16-2-3-17-18(12-16)21-13-22-19(17)14-4-8-20-9-5-14/h2-3,12-15,20H,4-11H2,1H3. The van der Waals surface area contributed by atoms with Gasteiger partial charge in [-0.1, -0.05) is 0 Å². The molecule has 0 aliphatic carbocycles. The Kier molecular flexibility index (Phi) is 4.63. The lowest BCUT2D eigenvalue weighted by Crippen LogP contribution is -2.35. The Morgan fingerprint density at radius 3 is 2.67 bits per heavy atom. The molecule has 4 rings (SSSR count). The highest BCUT2D eigenvalue weighted by molar-refractivity contribution is 5.82. The normalized spacial score (nSPS) is 21.2. The van der Waals surface area contributed by atoms with E-state index in [-0.39, 0.29) is 0 Å². The fourth-order valence-electron chi connectivity index (χ4n) is 3.85. The molecule has 5 nitrogen and oxygen atoms in total. The summed E-state index contributed by atoms with van der Waals surface area (Å²) >= 11 is 0. The molecule has 24 heavy (non-hydrogen) atoms. The lowest BCUT2D eigenvalue weighted by atomic mass is 9.92. The van der Waals surface area contributed by atoms with Crippen molar-refractivity contribution in [3.05, 3.63) is 30.2 Å². The van der Waals surface area contributed by atoms with Gasteiger partial charge >= 0.3 is 0 Å². The molecule has 2 aliphatic heterocycles. The Morgan fingerprint density at radius 1 is 1.08 bits per heavy atom. The van der Waals surface area contributed by atoms with E-state index in [4.69, 9.17) is 4.74 Å². The van der Waals surface area contributed by atoms with Gasteiger partial charge in [-0.3, -0.25) is 0 Å². The quantitative estimate of drug-likeness (QED) is 0.939. The van der Waals surface area contributed by atoms with Crippen LogP contribution in [0.1, 0.15) is 37.3 Å². The Hall–Kier alpha value is -1.72. The zero-order chi connectivity index (χ0) is 16.4. The lowest BCUT2D eigenvalue weighted by molar-refractivity contribution is 0.114. The molecule has 0 atom stereocenters. The minimum absolute atomic E-state index is 0.323. The maximum atomic E-state index is 6.20. The summed E-state index contributed by atoms with van der Waals surface area (Å²) in [4.78, 5) is 11.4. The summed E-state index contributed by atoms with van der Waals surface area (Å²) in [5.74, 6) is 1.48. The fraction of sp³-hybridized carbons (Fsp3) is 0.579. The van der Waals surface area contributed by atoms with E-state index in [1.807, 2.05) is 0 Å². The number of benzene rings is 1. The van der Waals surface area contributed by atoms with Gasteiger partial charge in [0.15, 0.2) is 0 Å². The van der Waals surface area contributed by atoms with Crippen molar-refractivity contribution in [3.8, 4) is 5.75 Å². The first kappa shape index (κ1) is 15.8. The number of rotatable bonds is 3. The van der Waals surface area contributed by atoms with E-state index in [1.54, 1.807) is 6.33 Å². The monoisotopic (exact) mass is 326 g/mol. The average molecular weight is 326 g/mol. The fourth-order valence-corrected chi connectivity index (χ4v) is 3.85. The number of fused-ring (bicyclic) bond motifs is 1. The van der Waals surface area contributed by atoms with Crippen molar-refractivity contribution in [1.82, 2.24) is 20.2 Å². The Morgan fingerprint density at radius 2 is 1.88 bits per heavy atom. The van der Waals surface area contributed by atoms with E-state index in [2.05, 4.69) is 45.4 Å². The molecule has 0 unspecified atom stereocenters. The zero-order valence-electron chi connectivity index (χ0n) is 14.4. The topological polar surface area (TPSA) is 50.3 Å². The number of likely N-dealkylation sites (tertiary alicyclic amines) is 1.